The molecule has 0 aliphatic rings. The number of anilines is 2. The largest absolute Gasteiger partial charge is 0.505 e. The van der Waals surface area contributed by atoms with Crippen LogP contribution in [-0.2, 0) is 32.2 Å². The minimum atomic E-state index is -0.767. The van der Waals surface area contributed by atoms with Gasteiger partial charge in [0.25, 0.3) is 0 Å². The number of phenols is 2. The van der Waals surface area contributed by atoms with E-state index in [1.54, 1.807) is 24.3 Å². The molecule has 0 aliphatic carbocycles. The molecule has 0 aliphatic heterocycles. The first kappa shape index (κ1) is 50.7. The molecule has 68 heavy (non-hydrogen) atoms. The molecule has 0 bridgehead atoms. The monoisotopic (exact) mass is 918 g/mol. The van der Waals surface area contributed by atoms with Gasteiger partial charge < -0.3 is 29.5 Å². The molecule has 0 spiro atoms. The van der Waals surface area contributed by atoms with E-state index in [-0.39, 0.29) is 31.9 Å². The number of aromatic nitrogens is 6. The van der Waals surface area contributed by atoms with Gasteiger partial charge in [0, 0.05) is 54.2 Å². The summed E-state index contributed by atoms with van der Waals surface area (Å²) in [5.74, 6) is -1.25. The lowest BCUT2D eigenvalue weighted by atomic mass is 10.1. The lowest BCUT2D eigenvalue weighted by molar-refractivity contribution is -0.143. The number of phenolic OH excluding ortho intramolecular Hbond substituents is 2. The summed E-state index contributed by atoms with van der Waals surface area (Å²) in [4.78, 5) is 42.0. The van der Waals surface area contributed by atoms with Gasteiger partial charge in [-0.3, -0.25) is 4.79 Å². The van der Waals surface area contributed by atoms with Gasteiger partial charge in [0.2, 0.25) is 0 Å². The normalized spacial score (nSPS) is 10.5. The summed E-state index contributed by atoms with van der Waals surface area (Å²) in [6, 6.07) is 37.6. The highest BCUT2D eigenvalue weighted by Gasteiger charge is 2.21. The van der Waals surface area contributed by atoms with Crippen molar-refractivity contribution >= 4 is 57.7 Å². The fraction of sp³-hybridized carbons (Fsp3) is 0.226. The van der Waals surface area contributed by atoms with E-state index < -0.39 is 11.9 Å². The molecule has 2 heterocycles. The number of hydrogen-bond acceptors (Lipinski definition) is 13. The average molecular weight is 919 g/mol. The van der Waals surface area contributed by atoms with E-state index in [0.717, 1.165) is 68.5 Å². The van der Waals surface area contributed by atoms with Crippen LogP contribution in [0, 0.1) is 13.8 Å². The lowest BCUT2D eigenvalue weighted by Crippen LogP contribution is -2.22. The van der Waals surface area contributed by atoms with Gasteiger partial charge in [0.15, 0.2) is 0 Å². The minimum Gasteiger partial charge on any atom is -0.505 e. The first-order valence-electron chi connectivity index (χ1n) is 21.3. The van der Waals surface area contributed by atoms with Crippen LogP contribution < -0.4 is 9.80 Å². The summed E-state index contributed by atoms with van der Waals surface area (Å²) in [6.07, 6.45) is 2.26. The molecule has 8 rings (SSSR count). The molecule has 15 nitrogen and oxygen atoms in total. The van der Waals surface area contributed by atoms with Gasteiger partial charge >= 0.3 is 11.9 Å². The second kappa shape index (κ2) is 22.7. The molecule has 0 unspecified atom stereocenters. The Kier molecular flexibility index (Phi) is 16.9. The van der Waals surface area contributed by atoms with Crippen LogP contribution in [0.5, 0.6) is 11.5 Å². The molecular formula is C53H58N8O7. The van der Waals surface area contributed by atoms with Crippen molar-refractivity contribution in [2.45, 2.75) is 55.6 Å². The highest BCUT2D eigenvalue weighted by atomic mass is 16.5. The smallest absolute Gasteiger partial charge is 0.345 e. The molecule has 0 radical (unpaired) electrons. The third-order valence-electron chi connectivity index (χ3n) is 10.9. The summed E-state index contributed by atoms with van der Waals surface area (Å²) >= 11 is 0. The third kappa shape index (κ3) is 11.4. The van der Waals surface area contributed by atoms with Gasteiger partial charge in [0.05, 0.1) is 14.2 Å². The lowest BCUT2D eigenvalue weighted by Gasteiger charge is -2.24. The Hall–Kier alpha value is -8.33. The van der Waals surface area contributed by atoms with E-state index in [9.17, 15) is 24.6 Å². The standard InChI is InChI=1S/C28H28N4O5.C23H22N4O2.2CH4/c1-5-31(21-12-10-19(11-13-21)16-22(27(34)36-3)28(35)37-4)17-20-14-18(2)15-25(26(20)33)32-29-23-8-6-7-9-24(23)30-32;1-3-26(19-10-8-17(15-28)9-11-19)14-18-12-16(2)13-22(23(18)29)27-24-20-6-4-5-7-21(20)25-27;;/h6-16,33H,5,17H2,1-4H3;4-13,15,29H,3,14H2,1-2H3;2*1H4. The van der Waals surface area contributed by atoms with Gasteiger partial charge in [-0.1, -0.05) is 63.4 Å². The molecule has 15 heteroatoms. The zero-order valence-corrected chi connectivity index (χ0v) is 37.5. The molecule has 352 valence electrons. The summed E-state index contributed by atoms with van der Waals surface area (Å²) in [6.45, 7) is 10.4. The number of aryl methyl sites for hydroxylation is 2. The Morgan fingerprint density at radius 3 is 1.25 bits per heavy atom. The zero-order valence-electron chi connectivity index (χ0n) is 37.5. The van der Waals surface area contributed by atoms with Gasteiger partial charge in [-0.25, -0.2) is 9.59 Å². The maximum atomic E-state index is 11.9. The fourth-order valence-electron chi connectivity index (χ4n) is 7.46. The highest BCUT2D eigenvalue weighted by molar-refractivity contribution is 6.17. The van der Waals surface area contributed by atoms with Crippen LogP contribution in [-0.4, -0.2) is 85.7 Å². The topological polar surface area (TPSA) is 178 Å². The van der Waals surface area contributed by atoms with Crippen molar-refractivity contribution in [2.24, 2.45) is 0 Å². The van der Waals surface area contributed by atoms with Crippen molar-refractivity contribution in [3.05, 3.63) is 160 Å². The Balaban J connectivity index is 0.000000253. The number of fused-ring (bicyclic) bond motifs is 2. The van der Waals surface area contributed by atoms with Crippen LogP contribution in [0.15, 0.2) is 127 Å². The van der Waals surface area contributed by atoms with Gasteiger partial charge in [-0.05, 0) is 123 Å². The number of carbonyl (C=O) groups excluding carboxylic acids is 3. The molecule has 0 saturated carbocycles. The van der Waals surface area contributed by atoms with E-state index in [1.165, 1.54) is 29.9 Å². The minimum absolute atomic E-state index is 0. The molecule has 0 amide bonds. The third-order valence-corrected chi connectivity index (χ3v) is 10.9. The molecule has 2 aromatic heterocycles. The Labute approximate surface area is 396 Å². The number of hydrogen-bond donors (Lipinski definition) is 2. The van der Waals surface area contributed by atoms with Crippen molar-refractivity contribution < 1.29 is 34.1 Å². The summed E-state index contributed by atoms with van der Waals surface area (Å²) < 4.78 is 9.36. The van der Waals surface area contributed by atoms with E-state index in [0.29, 0.717) is 42.1 Å². The summed E-state index contributed by atoms with van der Waals surface area (Å²) in [5.41, 5.74) is 10.6. The molecule has 0 fully saturated rings. The highest BCUT2D eigenvalue weighted by Crippen LogP contribution is 2.32. The number of aromatic hydroxyl groups is 2. The predicted octanol–water partition coefficient (Wildman–Crippen LogP) is 9.74. The van der Waals surface area contributed by atoms with Crippen LogP contribution in [0.2, 0.25) is 0 Å². The van der Waals surface area contributed by atoms with E-state index in [1.807, 2.05) is 118 Å². The van der Waals surface area contributed by atoms with Crippen molar-refractivity contribution in [3.8, 4) is 22.9 Å². The average Bonchev–Trinajstić information content (AvgIpc) is 3.98. The molecular weight excluding hydrogens is 861 g/mol. The second-order valence-electron chi connectivity index (χ2n) is 15.4. The SMILES string of the molecule is C.C.CCN(Cc1cc(C)cc(-n2nc3ccccc3n2)c1O)c1ccc(C=C(C(=O)OC)C(=O)OC)cc1.CCN(Cc1cc(C)cc(-n2nc3ccccc3n2)c1O)c1ccc(C=O)cc1. The fourth-order valence-corrected chi connectivity index (χ4v) is 7.46. The van der Waals surface area contributed by atoms with Crippen LogP contribution >= 0.6 is 0 Å². The summed E-state index contributed by atoms with van der Waals surface area (Å²) in [7, 11) is 2.41. The molecule has 0 atom stereocenters. The van der Waals surface area contributed by atoms with Crippen LogP contribution in [0.3, 0.4) is 0 Å². The number of esters is 2. The van der Waals surface area contributed by atoms with Gasteiger partial charge in [-0.15, -0.1) is 30.0 Å². The number of benzene rings is 6. The first-order valence-corrected chi connectivity index (χ1v) is 21.3. The van der Waals surface area contributed by atoms with E-state index in [4.69, 9.17) is 0 Å². The van der Waals surface area contributed by atoms with Gasteiger partial charge in [-0.2, -0.15) is 0 Å². The Morgan fingerprint density at radius 1 is 0.574 bits per heavy atom. The van der Waals surface area contributed by atoms with Crippen molar-refractivity contribution in [1.29, 1.82) is 0 Å². The number of nitrogens with zero attached hydrogens (tertiary/aromatic N) is 8. The zero-order chi connectivity index (χ0) is 46.9. The van der Waals surface area contributed by atoms with Gasteiger partial charge in [0.1, 0.15) is 56.8 Å². The van der Waals surface area contributed by atoms with Crippen LogP contribution in [0.1, 0.15) is 66.9 Å². The Bertz CT molecular complexity index is 2970. The molecule has 8 aromatic rings. The van der Waals surface area contributed by atoms with Crippen LogP contribution in [0.4, 0.5) is 11.4 Å². The van der Waals surface area contributed by atoms with Crippen molar-refractivity contribution in [2.75, 3.05) is 37.1 Å². The first-order chi connectivity index (χ1) is 31.9. The van der Waals surface area contributed by atoms with E-state index in [2.05, 4.69) is 46.6 Å². The number of ether oxygens (including phenoxy) is 2. The van der Waals surface area contributed by atoms with Crippen molar-refractivity contribution in [3.63, 3.8) is 0 Å². The Morgan fingerprint density at radius 2 is 0.926 bits per heavy atom. The molecule has 2 N–H and O–H groups in total. The maximum absolute atomic E-state index is 11.9. The molecule has 0 saturated heterocycles. The summed E-state index contributed by atoms with van der Waals surface area (Å²) in [5, 5.41) is 40.2. The number of methoxy groups -OCH3 is 2. The van der Waals surface area contributed by atoms with E-state index >= 15 is 0 Å². The second-order valence-corrected chi connectivity index (χ2v) is 15.4. The van der Waals surface area contributed by atoms with Crippen molar-refractivity contribution in [1.82, 2.24) is 30.0 Å². The number of aldehydes is 1. The number of carbonyl (C=O) groups is 3. The quantitative estimate of drug-likeness (QED) is 0.0347. The predicted molar refractivity (Wildman–Crippen MR) is 268 cm³/mol. The molecule has 6 aromatic carbocycles. The van der Waals surface area contributed by atoms with Crippen LogP contribution in [0.25, 0.3) is 39.5 Å². The maximum Gasteiger partial charge on any atom is 0.345 e. The number of rotatable bonds is 14.